The summed E-state index contributed by atoms with van der Waals surface area (Å²) >= 11 is 0. The van der Waals surface area contributed by atoms with Crippen molar-refractivity contribution in [3.63, 3.8) is 0 Å². The van der Waals surface area contributed by atoms with Crippen LogP contribution in [0.5, 0.6) is 5.75 Å². The minimum Gasteiger partial charge on any atom is -0.497 e. The Hall–Kier alpha value is -2.38. The molecule has 2 heterocycles. The number of hydrogen-bond acceptors (Lipinski definition) is 4. The van der Waals surface area contributed by atoms with Gasteiger partial charge >= 0.3 is 0 Å². The summed E-state index contributed by atoms with van der Waals surface area (Å²) in [5.74, 6) is 0.651. The highest BCUT2D eigenvalue weighted by Gasteiger charge is 2.34. The minimum atomic E-state index is -3.67. The molecule has 0 unspecified atom stereocenters. The Morgan fingerprint density at radius 2 is 1.86 bits per heavy atom. The van der Waals surface area contributed by atoms with Crippen molar-refractivity contribution in [1.82, 2.24) is 4.31 Å². The van der Waals surface area contributed by atoms with Gasteiger partial charge < -0.3 is 10.1 Å². The normalized spacial score (nSPS) is 20.3. The summed E-state index contributed by atoms with van der Waals surface area (Å²) in [6.07, 6.45) is 3.86. The van der Waals surface area contributed by atoms with Crippen molar-refractivity contribution >= 4 is 21.6 Å². The molecule has 1 atom stereocenters. The number of benzene rings is 2. The first-order valence-corrected chi connectivity index (χ1v) is 11.0. The molecule has 0 aliphatic carbocycles. The molecule has 1 saturated heterocycles. The fraction of sp³-hybridized carbons (Fsp3) is 0.381. The van der Waals surface area contributed by atoms with Gasteiger partial charge in [0.1, 0.15) is 5.75 Å². The van der Waals surface area contributed by atoms with Gasteiger partial charge in [0.05, 0.1) is 24.5 Å². The Morgan fingerprint density at radius 3 is 2.61 bits per heavy atom. The highest BCUT2D eigenvalue weighted by atomic mass is 32.2. The summed E-state index contributed by atoms with van der Waals surface area (Å²) in [6.45, 7) is 0.493. The van der Waals surface area contributed by atoms with Crippen molar-refractivity contribution in [2.45, 2.75) is 43.0 Å². The van der Waals surface area contributed by atoms with Crippen molar-refractivity contribution in [1.29, 1.82) is 0 Å². The summed E-state index contributed by atoms with van der Waals surface area (Å²) in [6, 6.07) is 12.4. The van der Waals surface area contributed by atoms with Crippen molar-refractivity contribution in [2.24, 2.45) is 0 Å². The highest BCUT2D eigenvalue weighted by Crippen LogP contribution is 2.36. The van der Waals surface area contributed by atoms with Crippen LogP contribution < -0.4 is 10.1 Å². The molecule has 2 aromatic rings. The summed E-state index contributed by atoms with van der Waals surface area (Å²) in [5, 5.41) is 2.75. The zero-order chi connectivity index (χ0) is 19.7. The lowest BCUT2D eigenvalue weighted by Gasteiger charge is -2.29. The maximum Gasteiger partial charge on any atom is 0.243 e. The molecule has 6 nitrogen and oxygen atoms in total. The molecule has 0 bridgehead atoms. The third kappa shape index (κ3) is 3.52. The Balaban J connectivity index is 1.70. The van der Waals surface area contributed by atoms with E-state index >= 15 is 0 Å². The third-order valence-electron chi connectivity index (χ3n) is 5.51. The van der Waals surface area contributed by atoms with E-state index < -0.39 is 10.0 Å². The first kappa shape index (κ1) is 19.0. The van der Waals surface area contributed by atoms with Gasteiger partial charge in [-0.2, -0.15) is 4.31 Å². The summed E-state index contributed by atoms with van der Waals surface area (Å²) in [7, 11) is -2.06. The van der Waals surface area contributed by atoms with E-state index in [4.69, 9.17) is 4.74 Å². The van der Waals surface area contributed by atoms with Crippen molar-refractivity contribution in [2.75, 3.05) is 19.0 Å². The number of nitrogens with one attached hydrogen (secondary N) is 1. The molecule has 2 aliphatic rings. The zero-order valence-corrected chi connectivity index (χ0v) is 16.7. The van der Waals surface area contributed by atoms with Crippen LogP contribution in [0.2, 0.25) is 0 Å². The lowest BCUT2D eigenvalue weighted by atomic mass is 10.0. The monoisotopic (exact) mass is 400 g/mol. The Bertz CT molecular complexity index is 986. The molecule has 0 spiro atoms. The molecule has 7 heteroatoms. The molecule has 4 rings (SSSR count). The van der Waals surface area contributed by atoms with Crippen molar-refractivity contribution in [3.05, 3.63) is 53.6 Å². The first-order valence-electron chi connectivity index (χ1n) is 9.57. The Morgan fingerprint density at radius 1 is 1.07 bits per heavy atom. The maximum atomic E-state index is 13.5. The second-order valence-electron chi connectivity index (χ2n) is 7.30. The number of hydrogen-bond donors (Lipinski definition) is 1. The fourth-order valence-corrected chi connectivity index (χ4v) is 5.76. The second kappa shape index (κ2) is 7.56. The SMILES string of the molecule is COc1ccc([C@@H]2CCCCCN2S(=O)(=O)c2ccc3c(c2)CC(=O)N3)cc1. The van der Waals surface area contributed by atoms with Crippen molar-refractivity contribution < 1.29 is 17.9 Å². The molecule has 0 radical (unpaired) electrons. The van der Waals surface area contributed by atoms with Crippen LogP contribution in [-0.2, 0) is 21.2 Å². The van der Waals surface area contributed by atoms with Crippen molar-refractivity contribution in [3.8, 4) is 5.75 Å². The molecule has 1 fully saturated rings. The Kier molecular flexibility index (Phi) is 5.12. The van der Waals surface area contributed by atoms with Gasteiger partial charge in [0.2, 0.25) is 15.9 Å². The van der Waals surface area contributed by atoms with E-state index in [1.807, 2.05) is 24.3 Å². The molecule has 148 valence electrons. The standard InChI is InChI=1S/C21H24N2O4S/c1-27-17-8-6-15(7-9-17)20-5-3-2-4-12-23(20)28(25,26)18-10-11-19-16(13-18)14-21(24)22-19/h6-11,13,20H,2-5,12,14H2,1H3,(H,22,24)/t20-/m0/s1. The summed E-state index contributed by atoms with van der Waals surface area (Å²) in [4.78, 5) is 11.9. The number of amides is 1. The quantitative estimate of drug-likeness (QED) is 0.852. The van der Waals surface area contributed by atoms with E-state index in [2.05, 4.69) is 5.32 Å². The predicted octanol–water partition coefficient (Wildman–Crippen LogP) is 3.50. The molecule has 1 amide bonds. The first-order chi connectivity index (χ1) is 13.5. The van der Waals surface area contributed by atoms with Crippen LogP contribution in [0.3, 0.4) is 0 Å². The van der Waals surface area contributed by atoms with Gasteiger partial charge in [0, 0.05) is 12.2 Å². The fourth-order valence-electron chi connectivity index (χ4n) is 4.03. The average Bonchev–Trinajstić information content (AvgIpc) is 2.90. The van der Waals surface area contributed by atoms with Crippen LogP contribution in [0, 0.1) is 0 Å². The van der Waals surface area contributed by atoms with E-state index in [0.29, 0.717) is 12.2 Å². The van der Waals surface area contributed by atoms with E-state index in [1.54, 1.807) is 29.6 Å². The highest BCUT2D eigenvalue weighted by molar-refractivity contribution is 7.89. The third-order valence-corrected chi connectivity index (χ3v) is 7.42. The van der Waals surface area contributed by atoms with Gasteiger partial charge in [-0.05, 0) is 54.3 Å². The van der Waals surface area contributed by atoms with Gasteiger partial charge in [-0.25, -0.2) is 8.42 Å². The van der Waals surface area contributed by atoms with Crippen LogP contribution >= 0.6 is 0 Å². The number of carbonyl (C=O) groups excluding carboxylic acids is 1. The largest absolute Gasteiger partial charge is 0.497 e. The number of carbonyl (C=O) groups is 1. The van der Waals surface area contributed by atoms with Gasteiger partial charge in [-0.1, -0.05) is 25.0 Å². The van der Waals surface area contributed by atoms with E-state index in [9.17, 15) is 13.2 Å². The average molecular weight is 401 g/mol. The molecule has 2 aromatic carbocycles. The molecular formula is C21H24N2O4S. The number of anilines is 1. The minimum absolute atomic E-state index is 0.101. The van der Waals surface area contributed by atoms with Crippen LogP contribution in [0.25, 0.3) is 0 Å². The van der Waals surface area contributed by atoms with Gasteiger partial charge in [-0.15, -0.1) is 0 Å². The van der Waals surface area contributed by atoms with E-state index in [-0.39, 0.29) is 23.3 Å². The van der Waals surface area contributed by atoms with Crippen LogP contribution in [0.4, 0.5) is 5.69 Å². The maximum absolute atomic E-state index is 13.5. The molecular weight excluding hydrogens is 376 g/mol. The number of ether oxygens (including phenoxy) is 1. The Labute approximate surface area is 165 Å². The lowest BCUT2D eigenvalue weighted by Crippen LogP contribution is -2.34. The van der Waals surface area contributed by atoms with Crippen LogP contribution in [-0.4, -0.2) is 32.3 Å². The topological polar surface area (TPSA) is 75.7 Å². The van der Waals surface area contributed by atoms with Crippen LogP contribution in [0.1, 0.15) is 42.9 Å². The lowest BCUT2D eigenvalue weighted by molar-refractivity contribution is -0.115. The molecule has 0 saturated carbocycles. The van der Waals surface area contributed by atoms with E-state index in [0.717, 1.165) is 42.6 Å². The number of methoxy groups -OCH3 is 1. The molecule has 0 aromatic heterocycles. The number of sulfonamides is 1. The summed E-state index contributed by atoms with van der Waals surface area (Å²) in [5.41, 5.74) is 2.41. The van der Waals surface area contributed by atoms with Gasteiger partial charge in [0.25, 0.3) is 0 Å². The smallest absolute Gasteiger partial charge is 0.243 e. The second-order valence-corrected chi connectivity index (χ2v) is 9.19. The molecule has 28 heavy (non-hydrogen) atoms. The summed E-state index contributed by atoms with van der Waals surface area (Å²) < 4.78 is 33.9. The number of nitrogens with zero attached hydrogens (tertiary/aromatic N) is 1. The molecule has 1 N–H and O–H groups in total. The van der Waals surface area contributed by atoms with Crippen LogP contribution in [0.15, 0.2) is 47.4 Å². The number of rotatable bonds is 4. The zero-order valence-electron chi connectivity index (χ0n) is 15.8. The number of fused-ring (bicyclic) bond motifs is 1. The van der Waals surface area contributed by atoms with Gasteiger partial charge in [-0.3, -0.25) is 4.79 Å². The van der Waals surface area contributed by atoms with E-state index in [1.165, 1.54) is 0 Å². The molecule has 2 aliphatic heterocycles. The predicted molar refractivity (Wildman–Crippen MR) is 107 cm³/mol. The van der Waals surface area contributed by atoms with Gasteiger partial charge in [0.15, 0.2) is 0 Å².